The monoisotopic (exact) mass is 420 g/mol. The Morgan fingerprint density at radius 2 is 1.62 bits per heavy atom. The third kappa shape index (κ3) is 2.85. The lowest BCUT2D eigenvalue weighted by Gasteiger charge is -2.39. The van der Waals surface area contributed by atoms with Gasteiger partial charge in [0.15, 0.2) is 5.78 Å². The predicted octanol–water partition coefficient (Wildman–Crippen LogP) is 6.87. The molecule has 2 aliphatic rings. The molecule has 1 N–H and O–H groups in total. The number of benzene rings is 4. The summed E-state index contributed by atoms with van der Waals surface area (Å²) in [6.07, 6.45) is 1.23. The Bertz CT molecular complexity index is 1450. The molecule has 0 spiro atoms. The van der Waals surface area contributed by atoms with Crippen molar-refractivity contribution in [3.05, 3.63) is 95.3 Å². The van der Waals surface area contributed by atoms with Gasteiger partial charge in [0.25, 0.3) is 0 Å². The van der Waals surface area contributed by atoms with Crippen LogP contribution in [0.1, 0.15) is 43.7 Å². The Morgan fingerprint density at radius 3 is 2.50 bits per heavy atom. The van der Waals surface area contributed by atoms with Crippen LogP contribution in [0.3, 0.4) is 0 Å². The summed E-state index contributed by atoms with van der Waals surface area (Å²) in [5.74, 6) is 1.67. The number of phenolic OH excluding ortho intramolecular Hbond substituents is 1. The summed E-state index contributed by atoms with van der Waals surface area (Å²) in [5.41, 5.74) is 2.70. The summed E-state index contributed by atoms with van der Waals surface area (Å²) < 4.78 is 6.43. The third-order valence-corrected chi connectivity index (χ3v) is 6.83. The second-order valence-corrected chi connectivity index (χ2v) is 9.76. The standard InChI is InChI=1S/C29H24O3/c1-29(2)15-23(31)28-25(16-29)32-24-13-11-18-10-12-19(30)14-22(18)26(24)27(28)21-9-5-7-17-6-3-4-8-20(17)21/h3-14,27,30H,15-16H2,1-2H3. The number of rotatable bonds is 1. The molecule has 1 aliphatic heterocycles. The summed E-state index contributed by atoms with van der Waals surface area (Å²) in [6.45, 7) is 4.25. The number of phenols is 1. The minimum atomic E-state index is -0.242. The zero-order chi connectivity index (χ0) is 22.0. The van der Waals surface area contributed by atoms with Crippen molar-refractivity contribution < 1.29 is 14.6 Å². The second kappa shape index (κ2) is 6.70. The van der Waals surface area contributed by atoms with Gasteiger partial charge in [0.05, 0.1) is 0 Å². The Balaban J connectivity index is 1.72. The quantitative estimate of drug-likeness (QED) is 0.366. The smallest absolute Gasteiger partial charge is 0.163 e. The van der Waals surface area contributed by atoms with Gasteiger partial charge in [-0.05, 0) is 50.7 Å². The van der Waals surface area contributed by atoms with Crippen LogP contribution in [0, 0.1) is 5.41 Å². The Kier molecular flexibility index (Phi) is 4.00. The number of ether oxygens (including phenoxy) is 1. The number of allylic oxidation sites excluding steroid dienone is 2. The van der Waals surface area contributed by atoms with Gasteiger partial charge in [-0.1, -0.05) is 68.4 Å². The molecule has 0 fully saturated rings. The maximum atomic E-state index is 13.6. The average molecular weight is 421 g/mol. The van der Waals surface area contributed by atoms with Crippen molar-refractivity contribution in [3.8, 4) is 11.5 Å². The maximum absolute atomic E-state index is 13.6. The van der Waals surface area contributed by atoms with Crippen LogP contribution in [-0.2, 0) is 4.79 Å². The van der Waals surface area contributed by atoms with Gasteiger partial charge in [-0.2, -0.15) is 0 Å². The number of carbonyl (C=O) groups is 1. The molecule has 0 amide bonds. The van der Waals surface area contributed by atoms with E-state index < -0.39 is 0 Å². The summed E-state index contributed by atoms with van der Waals surface area (Å²) >= 11 is 0. The second-order valence-electron chi connectivity index (χ2n) is 9.76. The SMILES string of the molecule is CC1(C)CC(=O)C2=C(C1)Oc1ccc3ccc(O)cc3c1C2c1cccc2ccccc12. The van der Waals surface area contributed by atoms with Crippen LogP contribution in [0.5, 0.6) is 11.5 Å². The highest BCUT2D eigenvalue weighted by Gasteiger charge is 2.43. The minimum absolute atomic E-state index is 0.133. The van der Waals surface area contributed by atoms with Crippen LogP contribution < -0.4 is 4.74 Å². The van der Waals surface area contributed by atoms with E-state index in [1.165, 1.54) is 0 Å². The molecule has 1 aliphatic carbocycles. The molecule has 6 rings (SSSR count). The van der Waals surface area contributed by atoms with Crippen LogP contribution >= 0.6 is 0 Å². The molecule has 0 saturated heterocycles. The van der Waals surface area contributed by atoms with Gasteiger partial charge in [0, 0.05) is 29.9 Å². The topological polar surface area (TPSA) is 46.5 Å². The first kappa shape index (κ1) is 19.1. The van der Waals surface area contributed by atoms with Crippen molar-refractivity contribution >= 4 is 27.3 Å². The van der Waals surface area contributed by atoms with Gasteiger partial charge in [0.1, 0.15) is 17.3 Å². The van der Waals surface area contributed by atoms with Crippen molar-refractivity contribution in [2.45, 2.75) is 32.6 Å². The first-order valence-corrected chi connectivity index (χ1v) is 11.1. The number of hydrogen-bond donors (Lipinski definition) is 1. The van der Waals surface area contributed by atoms with E-state index >= 15 is 0 Å². The summed E-state index contributed by atoms with van der Waals surface area (Å²) in [4.78, 5) is 13.6. The number of aromatic hydroxyl groups is 1. The molecule has 1 unspecified atom stereocenters. The van der Waals surface area contributed by atoms with Gasteiger partial charge < -0.3 is 9.84 Å². The maximum Gasteiger partial charge on any atom is 0.163 e. The predicted molar refractivity (Wildman–Crippen MR) is 127 cm³/mol. The molecule has 3 nitrogen and oxygen atoms in total. The van der Waals surface area contributed by atoms with Crippen molar-refractivity contribution in [2.24, 2.45) is 5.41 Å². The molecule has 0 bridgehead atoms. The minimum Gasteiger partial charge on any atom is -0.508 e. The highest BCUT2D eigenvalue weighted by Crippen LogP contribution is 2.53. The number of hydrogen-bond acceptors (Lipinski definition) is 3. The van der Waals surface area contributed by atoms with Crippen molar-refractivity contribution in [1.29, 1.82) is 0 Å². The van der Waals surface area contributed by atoms with E-state index in [1.54, 1.807) is 12.1 Å². The fourth-order valence-corrected chi connectivity index (χ4v) is 5.48. The lowest BCUT2D eigenvalue weighted by molar-refractivity contribution is -0.118. The van der Waals surface area contributed by atoms with Crippen molar-refractivity contribution in [2.75, 3.05) is 0 Å². The van der Waals surface area contributed by atoms with E-state index in [9.17, 15) is 9.90 Å². The van der Waals surface area contributed by atoms with Crippen LogP contribution in [0.4, 0.5) is 0 Å². The van der Waals surface area contributed by atoms with Crippen LogP contribution in [0.2, 0.25) is 0 Å². The average Bonchev–Trinajstić information content (AvgIpc) is 2.76. The number of ketones is 1. The van der Waals surface area contributed by atoms with Crippen LogP contribution in [0.15, 0.2) is 84.1 Å². The molecule has 32 heavy (non-hydrogen) atoms. The molecular weight excluding hydrogens is 396 g/mol. The number of Topliss-reactive ketones (excluding diaryl/α,β-unsaturated/α-hetero) is 1. The molecular formula is C29H24O3. The lowest BCUT2D eigenvalue weighted by atomic mass is 9.69. The molecule has 158 valence electrons. The number of fused-ring (bicyclic) bond motifs is 4. The zero-order valence-electron chi connectivity index (χ0n) is 18.2. The third-order valence-electron chi connectivity index (χ3n) is 6.83. The molecule has 3 heteroatoms. The molecule has 0 aromatic heterocycles. The van der Waals surface area contributed by atoms with E-state index in [4.69, 9.17) is 4.74 Å². The first-order chi connectivity index (χ1) is 15.4. The van der Waals surface area contributed by atoms with Crippen molar-refractivity contribution in [3.63, 3.8) is 0 Å². The lowest BCUT2D eigenvalue weighted by Crippen LogP contribution is -2.33. The normalized spacial score (nSPS) is 19.6. The zero-order valence-corrected chi connectivity index (χ0v) is 18.2. The van der Waals surface area contributed by atoms with Crippen LogP contribution in [0.25, 0.3) is 21.5 Å². The molecule has 4 aromatic carbocycles. The van der Waals surface area contributed by atoms with E-state index in [0.29, 0.717) is 6.42 Å². The summed E-state index contributed by atoms with van der Waals surface area (Å²) in [7, 11) is 0. The van der Waals surface area contributed by atoms with E-state index in [1.807, 2.05) is 30.3 Å². The molecule has 4 aromatic rings. The highest BCUT2D eigenvalue weighted by atomic mass is 16.5. The summed E-state index contributed by atoms with van der Waals surface area (Å²) in [6, 6.07) is 24.0. The van der Waals surface area contributed by atoms with Gasteiger partial charge in [-0.25, -0.2) is 0 Å². The van der Waals surface area contributed by atoms with Gasteiger partial charge in [-0.15, -0.1) is 0 Å². The fourth-order valence-electron chi connectivity index (χ4n) is 5.48. The Hall–Kier alpha value is -3.59. The van der Waals surface area contributed by atoms with Gasteiger partial charge in [-0.3, -0.25) is 4.79 Å². The van der Waals surface area contributed by atoms with Gasteiger partial charge in [0.2, 0.25) is 0 Å². The summed E-state index contributed by atoms with van der Waals surface area (Å²) in [5, 5.41) is 14.5. The first-order valence-electron chi connectivity index (χ1n) is 11.1. The molecule has 1 heterocycles. The Labute approximate surface area is 187 Å². The van der Waals surface area contributed by atoms with E-state index in [-0.39, 0.29) is 22.9 Å². The van der Waals surface area contributed by atoms with E-state index in [0.717, 1.165) is 56.2 Å². The fraction of sp³-hybridized carbons (Fsp3) is 0.207. The molecule has 1 atom stereocenters. The van der Waals surface area contributed by atoms with E-state index in [2.05, 4.69) is 44.2 Å². The highest BCUT2D eigenvalue weighted by molar-refractivity contribution is 6.03. The number of carbonyl (C=O) groups excluding carboxylic acids is 1. The van der Waals surface area contributed by atoms with Crippen molar-refractivity contribution in [1.82, 2.24) is 0 Å². The molecule has 0 saturated carbocycles. The largest absolute Gasteiger partial charge is 0.508 e. The molecule has 0 radical (unpaired) electrons. The van der Waals surface area contributed by atoms with Gasteiger partial charge >= 0.3 is 0 Å². The van der Waals surface area contributed by atoms with Crippen LogP contribution in [-0.4, -0.2) is 10.9 Å². The Morgan fingerprint density at radius 1 is 0.875 bits per heavy atom.